The van der Waals surface area contributed by atoms with Crippen LogP contribution >= 0.6 is 0 Å². The Morgan fingerprint density at radius 1 is 1.50 bits per heavy atom. The zero-order chi connectivity index (χ0) is 10.8. The number of esters is 1. The van der Waals surface area contributed by atoms with Crippen molar-refractivity contribution in [1.82, 2.24) is 4.90 Å². The third-order valence-electron chi connectivity index (χ3n) is 1.69. The Labute approximate surface area is 84.8 Å². The monoisotopic (exact) mass is 196 g/mol. The van der Waals surface area contributed by atoms with E-state index >= 15 is 0 Å². The van der Waals surface area contributed by atoms with Crippen LogP contribution in [-0.4, -0.2) is 30.6 Å². The standard InChI is InChI=1S/C10H16N2O2/c1-3-12(4-2)8-6-10(13)14-9-5-7-11/h6,8H,3-5,9H2,1-2H3/b8-6+. The predicted molar refractivity (Wildman–Crippen MR) is 53.3 cm³/mol. The van der Waals surface area contributed by atoms with Gasteiger partial charge in [0.1, 0.15) is 6.61 Å². The van der Waals surface area contributed by atoms with Gasteiger partial charge in [-0.2, -0.15) is 5.26 Å². The Balaban J connectivity index is 3.75. The molecule has 0 saturated heterocycles. The number of rotatable bonds is 6. The van der Waals surface area contributed by atoms with Crippen LogP contribution in [0, 0.1) is 11.3 Å². The van der Waals surface area contributed by atoms with Crippen molar-refractivity contribution < 1.29 is 9.53 Å². The number of nitriles is 1. The van der Waals surface area contributed by atoms with Crippen molar-refractivity contribution >= 4 is 5.97 Å². The molecule has 0 bridgehead atoms. The molecule has 0 aromatic carbocycles. The van der Waals surface area contributed by atoms with E-state index in [0.29, 0.717) is 0 Å². The Bertz CT molecular complexity index is 227. The van der Waals surface area contributed by atoms with Gasteiger partial charge in [-0.1, -0.05) is 0 Å². The predicted octanol–water partition coefficient (Wildman–Crippen LogP) is 1.30. The molecule has 4 heteroatoms. The van der Waals surface area contributed by atoms with E-state index in [1.54, 1.807) is 6.20 Å². The topological polar surface area (TPSA) is 53.3 Å². The SMILES string of the molecule is CCN(/C=C/C(=O)OCCC#N)CC. The highest BCUT2D eigenvalue weighted by Crippen LogP contribution is 1.90. The summed E-state index contributed by atoms with van der Waals surface area (Å²) in [6, 6.07) is 1.90. The first kappa shape index (κ1) is 12.5. The molecule has 14 heavy (non-hydrogen) atoms. The van der Waals surface area contributed by atoms with Gasteiger partial charge < -0.3 is 9.64 Å². The van der Waals surface area contributed by atoms with E-state index in [4.69, 9.17) is 10.00 Å². The zero-order valence-electron chi connectivity index (χ0n) is 8.69. The maximum Gasteiger partial charge on any atom is 0.332 e. The summed E-state index contributed by atoms with van der Waals surface area (Å²) in [5.74, 6) is -0.396. The molecule has 4 nitrogen and oxygen atoms in total. The fourth-order valence-corrected chi connectivity index (χ4v) is 0.846. The van der Waals surface area contributed by atoms with Gasteiger partial charge in [-0.25, -0.2) is 4.79 Å². The van der Waals surface area contributed by atoms with Gasteiger partial charge in [-0.05, 0) is 13.8 Å². The smallest absolute Gasteiger partial charge is 0.332 e. The molecule has 0 N–H and O–H groups in total. The number of hydrogen-bond acceptors (Lipinski definition) is 4. The Hall–Kier alpha value is -1.50. The van der Waals surface area contributed by atoms with Crippen molar-refractivity contribution in [2.24, 2.45) is 0 Å². The Kier molecular flexibility index (Phi) is 7.24. The van der Waals surface area contributed by atoms with E-state index in [0.717, 1.165) is 13.1 Å². The Morgan fingerprint density at radius 3 is 2.64 bits per heavy atom. The summed E-state index contributed by atoms with van der Waals surface area (Å²) in [6.07, 6.45) is 3.32. The second kappa shape index (κ2) is 8.11. The average molecular weight is 196 g/mol. The summed E-state index contributed by atoms with van der Waals surface area (Å²) < 4.78 is 4.75. The van der Waals surface area contributed by atoms with Crippen molar-refractivity contribution in [1.29, 1.82) is 5.26 Å². The van der Waals surface area contributed by atoms with Gasteiger partial charge in [0.15, 0.2) is 0 Å². The molecule has 0 heterocycles. The first-order valence-corrected chi connectivity index (χ1v) is 4.70. The van der Waals surface area contributed by atoms with Crippen LogP contribution in [0.25, 0.3) is 0 Å². The van der Waals surface area contributed by atoms with Crippen LogP contribution in [0.3, 0.4) is 0 Å². The molecular formula is C10H16N2O2. The molecule has 0 aromatic heterocycles. The molecule has 0 aromatic rings. The normalized spacial score (nSPS) is 9.79. The highest BCUT2D eigenvalue weighted by Gasteiger charge is 1.97. The van der Waals surface area contributed by atoms with Crippen LogP contribution in [0.2, 0.25) is 0 Å². The van der Waals surface area contributed by atoms with Crippen molar-refractivity contribution in [2.45, 2.75) is 20.3 Å². The summed E-state index contributed by atoms with van der Waals surface area (Å²) >= 11 is 0. The minimum Gasteiger partial charge on any atom is -0.461 e. The van der Waals surface area contributed by atoms with E-state index in [1.807, 2.05) is 24.8 Å². The number of nitrogens with zero attached hydrogens (tertiary/aromatic N) is 2. The van der Waals surface area contributed by atoms with Crippen LogP contribution in [0.15, 0.2) is 12.3 Å². The van der Waals surface area contributed by atoms with Gasteiger partial charge >= 0.3 is 5.97 Å². The quantitative estimate of drug-likeness (QED) is 0.365. The van der Waals surface area contributed by atoms with E-state index in [9.17, 15) is 4.79 Å². The minimum absolute atomic E-state index is 0.165. The molecule has 0 aliphatic rings. The molecule has 0 amide bonds. The second-order valence-corrected chi connectivity index (χ2v) is 2.61. The summed E-state index contributed by atoms with van der Waals surface area (Å²) in [5, 5.41) is 8.21. The van der Waals surface area contributed by atoms with Crippen LogP contribution in [0.4, 0.5) is 0 Å². The van der Waals surface area contributed by atoms with Crippen molar-refractivity contribution in [3.63, 3.8) is 0 Å². The highest BCUT2D eigenvalue weighted by atomic mass is 16.5. The van der Waals surface area contributed by atoms with Crippen molar-refractivity contribution in [3.05, 3.63) is 12.3 Å². The van der Waals surface area contributed by atoms with E-state index in [1.165, 1.54) is 6.08 Å². The Morgan fingerprint density at radius 2 is 2.14 bits per heavy atom. The first-order chi connectivity index (χ1) is 6.74. The maximum atomic E-state index is 11.0. The van der Waals surface area contributed by atoms with Gasteiger partial charge in [-0.15, -0.1) is 0 Å². The second-order valence-electron chi connectivity index (χ2n) is 2.61. The van der Waals surface area contributed by atoms with E-state index in [-0.39, 0.29) is 13.0 Å². The molecule has 0 aliphatic heterocycles. The first-order valence-electron chi connectivity index (χ1n) is 4.70. The summed E-state index contributed by atoms with van der Waals surface area (Å²) in [4.78, 5) is 13.0. The molecule has 0 fully saturated rings. The number of ether oxygens (including phenoxy) is 1. The highest BCUT2D eigenvalue weighted by molar-refractivity contribution is 5.81. The maximum absolute atomic E-state index is 11.0. The lowest BCUT2D eigenvalue weighted by molar-refractivity contribution is -0.137. The van der Waals surface area contributed by atoms with Crippen molar-refractivity contribution in [3.8, 4) is 6.07 Å². The van der Waals surface area contributed by atoms with Crippen LogP contribution in [0.1, 0.15) is 20.3 Å². The number of carbonyl (C=O) groups excluding carboxylic acids is 1. The van der Waals surface area contributed by atoms with Crippen molar-refractivity contribution in [2.75, 3.05) is 19.7 Å². The molecule has 0 aliphatic carbocycles. The third kappa shape index (κ3) is 6.06. The van der Waals surface area contributed by atoms with Crippen LogP contribution in [0.5, 0.6) is 0 Å². The summed E-state index contributed by atoms with van der Waals surface area (Å²) in [6.45, 7) is 5.90. The zero-order valence-corrected chi connectivity index (χ0v) is 8.69. The lowest BCUT2D eigenvalue weighted by atomic mass is 10.5. The molecule has 0 atom stereocenters. The summed E-state index contributed by atoms with van der Waals surface area (Å²) in [5.41, 5.74) is 0. The third-order valence-corrected chi connectivity index (χ3v) is 1.69. The molecule has 0 unspecified atom stereocenters. The van der Waals surface area contributed by atoms with Crippen LogP contribution < -0.4 is 0 Å². The fraction of sp³-hybridized carbons (Fsp3) is 0.600. The van der Waals surface area contributed by atoms with Gasteiger partial charge in [0.25, 0.3) is 0 Å². The van der Waals surface area contributed by atoms with Gasteiger partial charge in [0.2, 0.25) is 0 Å². The molecule has 0 spiro atoms. The summed E-state index contributed by atoms with van der Waals surface area (Å²) in [7, 11) is 0. The fourth-order valence-electron chi connectivity index (χ4n) is 0.846. The van der Waals surface area contributed by atoms with Crippen LogP contribution in [-0.2, 0) is 9.53 Å². The lowest BCUT2D eigenvalue weighted by Crippen LogP contribution is -2.16. The molecule has 0 rings (SSSR count). The van der Waals surface area contributed by atoms with Gasteiger partial charge in [0, 0.05) is 25.4 Å². The van der Waals surface area contributed by atoms with E-state index in [2.05, 4.69) is 0 Å². The van der Waals surface area contributed by atoms with Gasteiger partial charge in [0.05, 0.1) is 12.5 Å². The van der Waals surface area contributed by atoms with Gasteiger partial charge in [-0.3, -0.25) is 0 Å². The minimum atomic E-state index is -0.396. The van der Waals surface area contributed by atoms with E-state index < -0.39 is 5.97 Å². The average Bonchev–Trinajstić information content (AvgIpc) is 2.20. The number of hydrogen-bond donors (Lipinski definition) is 0. The lowest BCUT2D eigenvalue weighted by Gasteiger charge is -2.13. The largest absolute Gasteiger partial charge is 0.461 e. The molecule has 0 saturated carbocycles. The molecule has 78 valence electrons. The molecule has 0 radical (unpaired) electrons. The number of carbonyl (C=O) groups is 1. The molecular weight excluding hydrogens is 180 g/mol.